The van der Waals surface area contributed by atoms with Crippen LogP contribution in [0.4, 0.5) is 8.78 Å². The summed E-state index contributed by atoms with van der Waals surface area (Å²) in [5.74, 6) is -2.06. The molecule has 2 N–H and O–H groups in total. The van der Waals surface area contributed by atoms with E-state index < -0.39 is 24.5 Å². The molecule has 0 radical (unpaired) electrons. The summed E-state index contributed by atoms with van der Waals surface area (Å²) in [4.78, 5) is 23.4. The van der Waals surface area contributed by atoms with Gasteiger partial charge in [-0.1, -0.05) is 42.5 Å². The minimum atomic E-state index is -3.07. The standard InChI is InChI=1S/C17H15F2NO4/c18-17(19)24-14-9-5-4-8-12(14)16(23)20-13(10-15(21)22)11-6-2-1-3-7-11/h1-9,13,17H,10H2,(H,20,23)(H,21,22). The maximum absolute atomic E-state index is 12.4. The number of carbonyl (C=O) groups excluding carboxylic acids is 1. The maximum atomic E-state index is 12.4. The van der Waals surface area contributed by atoms with Crippen LogP contribution in [0.15, 0.2) is 54.6 Å². The smallest absolute Gasteiger partial charge is 0.387 e. The van der Waals surface area contributed by atoms with E-state index in [1.165, 1.54) is 24.3 Å². The van der Waals surface area contributed by atoms with Crippen LogP contribution in [0.3, 0.4) is 0 Å². The van der Waals surface area contributed by atoms with Gasteiger partial charge < -0.3 is 15.2 Å². The van der Waals surface area contributed by atoms with Gasteiger partial charge in [-0.05, 0) is 17.7 Å². The first-order valence-electron chi connectivity index (χ1n) is 7.09. The highest BCUT2D eigenvalue weighted by molar-refractivity contribution is 5.97. The minimum absolute atomic E-state index is 0.0934. The number of hydrogen-bond donors (Lipinski definition) is 2. The van der Waals surface area contributed by atoms with E-state index in [0.29, 0.717) is 5.56 Å². The first-order valence-corrected chi connectivity index (χ1v) is 7.09. The summed E-state index contributed by atoms with van der Waals surface area (Å²) in [6.07, 6.45) is -0.340. The number of nitrogens with one attached hydrogen (secondary N) is 1. The van der Waals surface area contributed by atoms with Crippen molar-refractivity contribution in [1.82, 2.24) is 5.32 Å². The lowest BCUT2D eigenvalue weighted by atomic mass is 10.0. The van der Waals surface area contributed by atoms with Crippen molar-refractivity contribution in [2.24, 2.45) is 0 Å². The molecule has 0 aliphatic heterocycles. The number of carboxylic acid groups (broad SMARTS) is 1. The molecule has 2 aromatic carbocycles. The molecule has 7 heteroatoms. The third kappa shape index (κ3) is 4.77. The molecule has 1 unspecified atom stereocenters. The Hall–Kier alpha value is -2.96. The van der Waals surface area contributed by atoms with Crippen molar-refractivity contribution in [3.05, 3.63) is 65.7 Å². The van der Waals surface area contributed by atoms with Gasteiger partial charge in [0, 0.05) is 0 Å². The van der Waals surface area contributed by atoms with Gasteiger partial charge in [-0.2, -0.15) is 8.78 Å². The largest absolute Gasteiger partial charge is 0.481 e. The SMILES string of the molecule is O=C(O)CC(NC(=O)c1ccccc1OC(F)F)c1ccccc1. The van der Waals surface area contributed by atoms with Crippen LogP contribution in [0.2, 0.25) is 0 Å². The number of amides is 1. The molecule has 0 saturated heterocycles. The van der Waals surface area contributed by atoms with Crippen molar-refractivity contribution in [2.75, 3.05) is 0 Å². The van der Waals surface area contributed by atoms with Crippen LogP contribution in [-0.2, 0) is 4.79 Å². The molecule has 0 aromatic heterocycles. The second-order valence-electron chi connectivity index (χ2n) is 4.91. The molecule has 126 valence electrons. The topological polar surface area (TPSA) is 75.6 Å². The average Bonchev–Trinajstić information content (AvgIpc) is 2.54. The van der Waals surface area contributed by atoms with E-state index >= 15 is 0 Å². The molecule has 0 aliphatic rings. The second-order valence-corrected chi connectivity index (χ2v) is 4.91. The van der Waals surface area contributed by atoms with Gasteiger partial charge in [-0.3, -0.25) is 9.59 Å². The number of aliphatic carboxylic acids is 1. The van der Waals surface area contributed by atoms with Gasteiger partial charge in [0.25, 0.3) is 5.91 Å². The van der Waals surface area contributed by atoms with E-state index in [-0.39, 0.29) is 17.7 Å². The van der Waals surface area contributed by atoms with Crippen LogP contribution >= 0.6 is 0 Å². The summed E-state index contributed by atoms with van der Waals surface area (Å²) >= 11 is 0. The molecule has 0 fully saturated rings. The van der Waals surface area contributed by atoms with Crippen LogP contribution in [0, 0.1) is 0 Å². The molecular weight excluding hydrogens is 320 g/mol. The van der Waals surface area contributed by atoms with Crippen molar-refractivity contribution >= 4 is 11.9 Å². The number of ether oxygens (including phenoxy) is 1. The number of carbonyl (C=O) groups is 2. The fourth-order valence-electron chi connectivity index (χ4n) is 2.20. The number of carboxylic acids is 1. The molecule has 0 heterocycles. The summed E-state index contributed by atoms with van der Waals surface area (Å²) < 4.78 is 29.2. The predicted molar refractivity (Wildman–Crippen MR) is 82.0 cm³/mol. The van der Waals surface area contributed by atoms with Gasteiger partial charge in [0.1, 0.15) is 5.75 Å². The molecule has 1 amide bonds. The minimum Gasteiger partial charge on any atom is -0.481 e. The average molecular weight is 335 g/mol. The lowest BCUT2D eigenvalue weighted by molar-refractivity contribution is -0.137. The molecular formula is C17H15F2NO4. The van der Waals surface area contributed by atoms with Crippen molar-refractivity contribution < 1.29 is 28.2 Å². The summed E-state index contributed by atoms with van der Waals surface area (Å²) in [6, 6.07) is 13.3. The fourth-order valence-corrected chi connectivity index (χ4v) is 2.20. The van der Waals surface area contributed by atoms with E-state index in [0.717, 1.165) is 0 Å². The summed E-state index contributed by atoms with van der Waals surface area (Å²) in [7, 11) is 0. The van der Waals surface area contributed by atoms with Gasteiger partial charge >= 0.3 is 12.6 Å². The Morgan fingerprint density at radius 1 is 1.04 bits per heavy atom. The van der Waals surface area contributed by atoms with Crippen molar-refractivity contribution in [2.45, 2.75) is 19.1 Å². The normalized spacial score (nSPS) is 11.8. The van der Waals surface area contributed by atoms with Crippen LogP contribution in [0.1, 0.15) is 28.4 Å². The second kappa shape index (κ2) is 8.05. The third-order valence-corrected chi connectivity index (χ3v) is 3.23. The summed E-state index contributed by atoms with van der Waals surface area (Å²) in [6.45, 7) is -3.07. The summed E-state index contributed by atoms with van der Waals surface area (Å²) in [5, 5.41) is 11.6. The van der Waals surface area contributed by atoms with Crippen LogP contribution < -0.4 is 10.1 Å². The Bertz CT molecular complexity index is 707. The zero-order valence-corrected chi connectivity index (χ0v) is 12.5. The number of alkyl halides is 2. The highest BCUT2D eigenvalue weighted by Gasteiger charge is 2.21. The number of benzene rings is 2. The molecule has 0 bridgehead atoms. The number of para-hydroxylation sites is 1. The van der Waals surface area contributed by atoms with Gasteiger partial charge in [0.05, 0.1) is 18.0 Å². The third-order valence-electron chi connectivity index (χ3n) is 3.23. The number of rotatable bonds is 7. The van der Waals surface area contributed by atoms with Gasteiger partial charge in [-0.25, -0.2) is 0 Å². The van der Waals surface area contributed by atoms with Crippen molar-refractivity contribution in [3.8, 4) is 5.75 Å². The molecule has 2 rings (SSSR count). The van der Waals surface area contributed by atoms with Gasteiger partial charge in [0.2, 0.25) is 0 Å². The predicted octanol–water partition coefficient (Wildman–Crippen LogP) is 3.23. The Labute approximate surface area is 136 Å². The molecule has 5 nitrogen and oxygen atoms in total. The van der Waals surface area contributed by atoms with Crippen molar-refractivity contribution in [3.63, 3.8) is 0 Å². The van der Waals surface area contributed by atoms with Gasteiger partial charge in [-0.15, -0.1) is 0 Å². The number of hydrogen-bond acceptors (Lipinski definition) is 3. The molecule has 24 heavy (non-hydrogen) atoms. The van der Waals surface area contributed by atoms with Crippen LogP contribution in [0.25, 0.3) is 0 Å². The van der Waals surface area contributed by atoms with Crippen LogP contribution in [-0.4, -0.2) is 23.6 Å². The monoisotopic (exact) mass is 335 g/mol. The highest BCUT2D eigenvalue weighted by Crippen LogP contribution is 2.23. The molecule has 0 saturated carbocycles. The zero-order valence-electron chi connectivity index (χ0n) is 12.5. The quantitative estimate of drug-likeness (QED) is 0.814. The number of halogens is 2. The summed E-state index contributed by atoms with van der Waals surface area (Å²) in [5.41, 5.74) is 0.504. The Morgan fingerprint density at radius 3 is 2.29 bits per heavy atom. The molecule has 1 atom stereocenters. The molecule has 2 aromatic rings. The van der Waals surface area contributed by atoms with E-state index in [9.17, 15) is 18.4 Å². The Balaban J connectivity index is 2.23. The van der Waals surface area contributed by atoms with E-state index in [4.69, 9.17) is 5.11 Å². The van der Waals surface area contributed by atoms with Gasteiger partial charge in [0.15, 0.2) is 0 Å². The maximum Gasteiger partial charge on any atom is 0.387 e. The molecule has 0 spiro atoms. The molecule has 0 aliphatic carbocycles. The highest BCUT2D eigenvalue weighted by atomic mass is 19.3. The Morgan fingerprint density at radius 2 is 1.67 bits per heavy atom. The van der Waals surface area contributed by atoms with E-state index in [1.807, 2.05) is 0 Å². The van der Waals surface area contributed by atoms with E-state index in [1.54, 1.807) is 30.3 Å². The Kier molecular flexibility index (Phi) is 5.83. The lowest BCUT2D eigenvalue weighted by Crippen LogP contribution is -2.30. The van der Waals surface area contributed by atoms with Crippen molar-refractivity contribution in [1.29, 1.82) is 0 Å². The van der Waals surface area contributed by atoms with Crippen LogP contribution in [0.5, 0.6) is 5.75 Å². The fraction of sp³-hybridized carbons (Fsp3) is 0.176. The zero-order chi connectivity index (χ0) is 17.5. The lowest BCUT2D eigenvalue weighted by Gasteiger charge is -2.18. The first-order chi connectivity index (χ1) is 11.5. The van der Waals surface area contributed by atoms with E-state index in [2.05, 4.69) is 10.1 Å². The first kappa shape index (κ1) is 17.4.